The van der Waals surface area contributed by atoms with Crippen LogP contribution in [0, 0.1) is 5.92 Å². The molecule has 1 aromatic heterocycles. The van der Waals surface area contributed by atoms with Gasteiger partial charge in [0.05, 0.1) is 0 Å². The predicted molar refractivity (Wildman–Crippen MR) is 113 cm³/mol. The third-order valence-corrected chi connectivity index (χ3v) is 5.19. The molecule has 1 amide bonds. The first-order valence-corrected chi connectivity index (χ1v) is 9.30. The summed E-state index contributed by atoms with van der Waals surface area (Å²) in [5, 5.41) is 12.0. The predicted octanol–water partition coefficient (Wildman–Crippen LogP) is 3.51. The van der Waals surface area contributed by atoms with Gasteiger partial charge in [0.15, 0.2) is 0 Å². The number of hydrogen-bond acceptors (Lipinski definition) is 5. The lowest BCUT2D eigenvalue weighted by atomic mass is 9.89. The van der Waals surface area contributed by atoms with Crippen molar-refractivity contribution in [1.29, 1.82) is 0 Å². The number of amides is 1. The fraction of sp³-hybridized carbons (Fsp3) is 0.579. The molecular weight excluding hydrogens is 387 g/mol. The number of anilines is 1. The first-order valence-electron chi connectivity index (χ1n) is 9.30. The van der Waals surface area contributed by atoms with E-state index in [9.17, 15) is 4.79 Å². The van der Waals surface area contributed by atoms with E-state index in [1.54, 1.807) is 17.8 Å². The fourth-order valence-electron chi connectivity index (χ4n) is 3.86. The molecule has 2 fully saturated rings. The van der Waals surface area contributed by atoms with Crippen LogP contribution in [0.1, 0.15) is 44.1 Å². The molecule has 1 aliphatic heterocycles. The van der Waals surface area contributed by atoms with Gasteiger partial charge in [0.1, 0.15) is 5.82 Å². The van der Waals surface area contributed by atoms with Crippen molar-refractivity contribution in [1.82, 2.24) is 15.4 Å². The van der Waals surface area contributed by atoms with Gasteiger partial charge in [0.2, 0.25) is 0 Å². The highest BCUT2D eigenvalue weighted by molar-refractivity contribution is 5.90. The SMILES string of the molecule is Cl.Cl.O=C(C=Cc1ccc(N[C@@H]2CCN(CC3CCCCC3)C2)nc1)NO. The molecule has 1 saturated heterocycles. The summed E-state index contributed by atoms with van der Waals surface area (Å²) >= 11 is 0. The van der Waals surface area contributed by atoms with Crippen LogP contribution in [0.2, 0.25) is 0 Å². The molecule has 0 bridgehead atoms. The smallest absolute Gasteiger partial charge is 0.267 e. The maximum absolute atomic E-state index is 11.0. The number of halogens is 2. The lowest BCUT2D eigenvalue weighted by Crippen LogP contribution is -2.31. The number of carbonyl (C=O) groups is 1. The highest BCUT2D eigenvalue weighted by Gasteiger charge is 2.25. The second kappa shape index (κ2) is 12.2. The van der Waals surface area contributed by atoms with Crippen molar-refractivity contribution in [2.75, 3.05) is 25.0 Å². The van der Waals surface area contributed by atoms with Crippen LogP contribution in [0.5, 0.6) is 0 Å². The first-order chi connectivity index (χ1) is 12.2. The number of aromatic nitrogens is 1. The molecular formula is C19H30Cl2N4O2. The molecule has 1 aliphatic carbocycles. The van der Waals surface area contributed by atoms with Crippen LogP contribution in [0.3, 0.4) is 0 Å². The molecule has 1 aromatic rings. The van der Waals surface area contributed by atoms with Crippen LogP contribution in [0.25, 0.3) is 6.08 Å². The lowest BCUT2D eigenvalue weighted by molar-refractivity contribution is -0.124. The van der Waals surface area contributed by atoms with Crippen molar-refractivity contribution in [3.05, 3.63) is 30.0 Å². The topological polar surface area (TPSA) is 77.5 Å². The van der Waals surface area contributed by atoms with Gasteiger partial charge >= 0.3 is 0 Å². The monoisotopic (exact) mass is 416 g/mol. The van der Waals surface area contributed by atoms with Crippen LogP contribution in [0.4, 0.5) is 5.82 Å². The van der Waals surface area contributed by atoms with E-state index < -0.39 is 5.91 Å². The van der Waals surface area contributed by atoms with Gasteiger partial charge in [-0.15, -0.1) is 24.8 Å². The highest BCUT2D eigenvalue weighted by Crippen LogP contribution is 2.26. The number of nitrogens with zero attached hydrogens (tertiary/aromatic N) is 2. The van der Waals surface area contributed by atoms with Crippen molar-refractivity contribution in [2.24, 2.45) is 5.92 Å². The zero-order valence-electron chi connectivity index (χ0n) is 15.5. The zero-order chi connectivity index (χ0) is 17.5. The summed E-state index contributed by atoms with van der Waals surface area (Å²) < 4.78 is 0. The summed E-state index contributed by atoms with van der Waals surface area (Å²) in [4.78, 5) is 18.0. The molecule has 0 aromatic carbocycles. The number of carbonyl (C=O) groups excluding carboxylic acids is 1. The second-order valence-corrected chi connectivity index (χ2v) is 7.18. The molecule has 0 radical (unpaired) electrons. The van der Waals surface area contributed by atoms with Crippen molar-refractivity contribution in [3.8, 4) is 0 Å². The Hall–Kier alpha value is -1.34. The number of rotatable bonds is 6. The molecule has 1 saturated carbocycles. The van der Waals surface area contributed by atoms with E-state index in [0.717, 1.165) is 30.3 Å². The molecule has 8 heteroatoms. The Kier molecular flexibility index (Phi) is 10.7. The van der Waals surface area contributed by atoms with E-state index >= 15 is 0 Å². The third-order valence-electron chi connectivity index (χ3n) is 5.19. The van der Waals surface area contributed by atoms with Gasteiger partial charge in [0, 0.05) is 37.9 Å². The summed E-state index contributed by atoms with van der Waals surface area (Å²) in [7, 11) is 0. The maximum Gasteiger partial charge on any atom is 0.267 e. The Morgan fingerprint density at radius 1 is 1.22 bits per heavy atom. The van der Waals surface area contributed by atoms with E-state index in [1.165, 1.54) is 51.3 Å². The molecule has 152 valence electrons. The Labute approximate surface area is 173 Å². The third kappa shape index (κ3) is 7.66. The average Bonchev–Trinajstić information content (AvgIpc) is 3.08. The van der Waals surface area contributed by atoms with Gasteiger partial charge in [-0.3, -0.25) is 10.0 Å². The fourth-order valence-corrected chi connectivity index (χ4v) is 3.86. The number of pyridine rings is 1. The Bertz CT molecular complexity index is 592. The molecule has 3 N–H and O–H groups in total. The molecule has 27 heavy (non-hydrogen) atoms. The second-order valence-electron chi connectivity index (χ2n) is 7.18. The van der Waals surface area contributed by atoms with E-state index in [4.69, 9.17) is 5.21 Å². The van der Waals surface area contributed by atoms with Crippen LogP contribution in [0.15, 0.2) is 24.4 Å². The number of nitrogens with one attached hydrogen (secondary N) is 2. The number of hydrogen-bond donors (Lipinski definition) is 3. The Morgan fingerprint density at radius 2 is 2.00 bits per heavy atom. The van der Waals surface area contributed by atoms with Gasteiger partial charge in [-0.1, -0.05) is 19.3 Å². The molecule has 1 atom stereocenters. The van der Waals surface area contributed by atoms with Gasteiger partial charge in [-0.2, -0.15) is 0 Å². The normalized spacial score (nSPS) is 20.7. The molecule has 2 heterocycles. The van der Waals surface area contributed by atoms with Crippen LogP contribution < -0.4 is 10.8 Å². The zero-order valence-corrected chi connectivity index (χ0v) is 17.1. The minimum atomic E-state index is -0.550. The average molecular weight is 417 g/mol. The quantitative estimate of drug-likeness (QED) is 0.375. The maximum atomic E-state index is 11.0. The number of likely N-dealkylation sites (tertiary alicyclic amines) is 1. The number of hydroxylamine groups is 1. The minimum Gasteiger partial charge on any atom is -0.366 e. The standard InChI is InChI=1S/C19H28N4O2.2ClH/c24-19(22-25)9-7-15-6-8-18(20-12-15)21-17-10-11-23(14-17)13-16-4-2-1-3-5-16;;/h6-9,12,16-17,25H,1-5,10-11,13-14H2,(H,20,21)(H,22,24);2*1H/t17-;;/m1../s1. The van der Waals surface area contributed by atoms with Crippen molar-refractivity contribution >= 4 is 42.6 Å². The highest BCUT2D eigenvalue weighted by atomic mass is 35.5. The summed E-state index contributed by atoms with van der Waals surface area (Å²) in [6.45, 7) is 3.52. The van der Waals surface area contributed by atoms with Gasteiger partial charge < -0.3 is 10.2 Å². The molecule has 6 nitrogen and oxygen atoms in total. The Morgan fingerprint density at radius 3 is 2.67 bits per heavy atom. The minimum absolute atomic E-state index is 0. The summed E-state index contributed by atoms with van der Waals surface area (Å²) in [6, 6.07) is 4.30. The van der Waals surface area contributed by atoms with Gasteiger partial charge in [0.25, 0.3) is 5.91 Å². The van der Waals surface area contributed by atoms with E-state index in [2.05, 4.69) is 15.2 Å². The van der Waals surface area contributed by atoms with Crippen LogP contribution in [-0.4, -0.2) is 46.7 Å². The molecule has 2 aliphatic rings. The van der Waals surface area contributed by atoms with E-state index in [-0.39, 0.29) is 24.8 Å². The summed E-state index contributed by atoms with van der Waals surface area (Å²) in [6.07, 6.45) is 12.8. The van der Waals surface area contributed by atoms with E-state index in [0.29, 0.717) is 6.04 Å². The van der Waals surface area contributed by atoms with Crippen molar-refractivity contribution in [3.63, 3.8) is 0 Å². The van der Waals surface area contributed by atoms with Crippen LogP contribution in [-0.2, 0) is 4.79 Å². The lowest BCUT2D eigenvalue weighted by Gasteiger charge is -2.26. The Balaban J connectivity index is 0.00000182. The molecule has 0 unspecified atom stereocenters. The molecule has 3 rings (SSSR count). The van der Waals surface area contributed by atoms with Crippen LogP contribution >= 0.6 is 24.8 Å². The van der Waals surface area contributed by atoms with Gasteiger partial charge in [-0.05, 0) is 49.0 Å². The first kappa shape index (κ1) is 23.7. The summed E-state index contributed by atoms with van der Waals surface area (Å²) in [5.41, 5.74) is 2.38. The summed E-state index contributed by atoms with van der Waals surface area (Å²) in [5.74, 6) is 1.22. The van der Waals surface area contributed by atoms with E-state index in [1.807, 2.05) is 12.1 Å². The van der Waals surface area contributed by atoms with Gasteiger partial charge in [-0.25, -0.2) is 10.5 Å². The van der Waals surface area contributed by atoms with Crippen molar-refractivity contribution < 1.29 is 10.0 Å². The van der Waals surface area contributed by atoms with Crippen molar-refractivity contribution in [2.45, 2.75) is 44.6 Å². The molecule has 0 spiro atoms. The largest absolute Gasteiger partial charge is 0.366 e.